The summed E-state index contributed by atoms with van der Waals surface area (Å²) in [6.07, 6.45) is 0. The van der Waals surface area contributed by atoms with Gasteiger partial charge in [0.2, 0.25) is 0 Å². The summed E-state index contributed by atoms with van der Waals surface area (Å²) in [5.41, 5.74) is 3.22. The molecule has 0 unspecified atom stereocenters. The molecule has 0 spiro atoms. The third-order valence-electron chi connectivity index (χ3n) is 4.77. The average Bonchev–Trinajstić information content (AvgIpc) is 3.16. The number of thiophene rings is 1. The van der Waals surface area contributed by atoms with Crippen LogP contribution in [0.3, 0.4) is 0 Å². The van der Waals surface area contributed by atoms with Crippen molar-refractivity contribution in [2.75, 3.05) is 18.5 Å². The smallest absolute Gasteiger partial charge is 0.341 e. The Labute approximate surface area is 200 Å². The van der Waals surface area contributed by atoms with E-state index in [1.807, 2.05) is 29.6 Å². The van der Waals surface area contributed by atoms with Gasteiger partial charge in [0.1, 0.15) is 16.3 Å². The van der Waals surface area contributed by atoms with Crippen LogP contribution >= 0.6 is 27.3 Å². The Kier molecular flexibility index (Phi) is 7.74. The number of esters is 1. The summed E-state index contributed by atoms with van der Waals surface area (Å²) in [6.45, 7) is 8.29. The van der Waals surface area contributed by atoms with Crippen molar-refractivity contribution < 1.29 is 19.1 Å². The summed E-state index contributed by atoms with van der Waals surface area (Å²) in [5, 5.41) is 5.11. The summed E-state index contributed by atoms with van der Waals surface area (Å²) < 4.78 is 11.7. The first-order valence-corrected chi connectivity index (χ1v) is 11.9. The van der Waals surface area contributed by atoms with E-state index in [0.29, 0.717) is 16.3 Å². The molecule has 0 fully saturated rings. The van der Waals surface area contributed by atoms with Crippen LogP contribution in [-0.4, -0.2) is 25.1 Å². The number of anilines is 1. The molecular formula is C25H26BrNO4S. The minimum atomic E-state index is -0.465. The first-order valence-electron chi connectivity index (χ1n) is 10.3. The second kappa shape index (κ2) is 10.3. The Morgan fingerprint density at radius 3 is 2.28 bits per heavy atom. The average molecular weight is 516 g/mol. The fourth-order valence-electron chi connectivity index (χ4n) is 3.06. The van der Waals surface area contributed by atoms with Crippen LogP contribution in [0.5, 0.6) is 5.75 Å². The molecule has 1 amide bonds. The zero-order valence-electron chi connectivity index (χ0n) is 18.5. The molecule has 0 atom stereocenters. The third kappa shape index (κ3) is 5.99. The van der Waals surface area contributed by atoms with E-state index >= 15 is 0 Å². The highest BCUT2D eigenvalue weighted by Crippen LogP contribution is 2.37. The summed E-state index contributed by atoms with van der Waals surface area (Å²) in [5.74, 6) is -0.234. The maximum atomic E-state index is 12.7. The van der Waals surface area contributed by atoms with Gasteiger partial charge in [-0.3, -0.25) is 4.79 Å². The molecule has 0 aliphatic heterocycles. The molecule has 3 rings (SSSR count). The van der Waals surface area contributed by atoms with E-state index in [9.17, 15) is 9.59 Å². The predicted molar refractivity (Wildman–Crippen MR) is 133 cm³/mol. The molecule has 0 bridgehead atoms. The molecule has 5 nitrogen and oxygen atoms in total. The Bertz CT molecular complexity index is 1080. The SMILES string of the molecule is CCOC(=O)c1c(-c2ccc(C(C)(C)C)cc2)csc1NC(=O)COc1ccc(Br)cc1. The van der Waals surface area contributed by atoms with Gasteiger partial charge in [-0.15, -0.1) is 11.3 Å². The zero-order chi connectivity index (χ0) is 23.3. The van der Waals surface area contributed by atoms with E-state index < -0.39 is 5.97 Å². The molecule has 32 heavy (non-hydrogen) atoms. The van der Waals surface area contributed by atoms with Gasteiger partial charge >= 0.3 is 5.97 Å². The number of hydrogen-bond donors (Lipinski definition) is 1. The monoisotopic (exact) mass is 515 g/mol. The standard InChI is InChI=1S/C25H26BrNO4S/c1-5-30-24(29)22-20(16-6-8-17(9-7-16)25(2,3)4)15-32-23(22)27-21(28)14-31-19-12-10-18(26)11-13-19/h6-13,15H,5,14H2,1-4H3,(H,27,28). The number of nitrogens with one attached hydrogen (secondary N) is 1. The number of rotatable bonds is 7. The fourth-order valence-corrected chi connectivity index (χ4v) is 4.30. The zero-order valence-corrected chi connectivity index (χ0v) is 20.9. The summed E-state index contributed by atoms with van der Waals surface area (Å²) in [6, 6.07) is 15.3. The highest BCUT2D eigenvalue weighted by atomic mass is 79.9. The largest absolute Gasteiger partial charge is 0.484 e. The van der Waals surface area contributed by atoms with Crippen LogP contribution in [0.2, 0.25) is 0 Å². The Morgan fingerprint density at radius 2 is 1.69 bits per heavy atom. The number of ether oxygens (including phenoxy) is 2. The first-order chi connectivity index (χ1) is 15.2. The van der Waals surface area contributed by atoms with Gasteiger partial charge in [0.15, 0.2) is 6.61 Å². The lowest BCUT2D eigenvalue weighted by atomic mass is 9.86. The summed E-state index contributed by atoms with van der Waals surface area (Å²) in [7, 11) is 0. The van der Waals surface area contributed by atoms with Crippen LogP contribution < -0.4 is 10.1 Å². The van der Waals surface area contributed by atoms with Gasteiger partial charge in [-0.1, -0.05) is 61.0 Å². The second-order valence-electron chi connectivity index (χ2n) is 8.19. The van der Waals surface area contributed by atoms with E-state index in [-0.39, 0.29) is 24.5 Å². The number of halogens is 1. The molecule has 0 aliphatic rings. The quantitative estimate of drug-likeness (QED) is 0.357. The van der Waals surface area contributed by atoms with E-state index in [2.05, 4.69) is 54.2 Å². The molecule has 1 heterocycles. The third-order valence-corrected chi connectivity index (χ3v) is 6.19. The van der Waals surface area contributed by atoms with Crippen molar-refractivity contribution in [1.82, 2.24) is 0 Å². The van der Waals surface area contributed by atoms with E-state index in [0.717, 1.165) is 15.6 Å². The molecule has 1 N–H and O–H groups in total. The van der Waals surface area contributed by atoms with E-state index in [1.165, 1.54) is 16.9 Å². The lowest BCUT2D eigenvalue weighted by Crippen LogP contribution is -2.21. The number of amides is 1. The van der Waals surface area contributed by atoms with Crippen LogP contribution in [0.4, 0.5) is 5.00 Å². The molecule has 2 aromatic carbocycles. The van der Waals surface area contributed by atoms with E-state index in [4.69, 9.17) is 9.47 Å². The highest BCUT2D eigenvalue weighted by Gasteiger charge is 2.23. The number of hydrogen-bond acceptors (Lipinski definition) is 5. The number of benzene rings is 2. The molecule has 1 aromatic heterocycles. The summed E-state index contributed by atoms with van der Waals surface area (Å²) >= 11 is 4.65. The van der Waals surface area contributed by atoms with Gasteiger partial charge in [-0.05, 0) is 47.7 Å². The lowest BCUT2D eigenvalue weighted by molar-refractivity contribution is -0.118. The van der Waals surface area contributed by atoms with Gasteiger partial charge in [-0.25, -0.2) is 4.79 Å². The van der Waals surface area contributed by atoms with Crippen molar-refractivity contribution in [1.29, 1.82) is 0 Å². The van der Waals surface area contributed by atoms with Gasteiger partial charge in [0.25, 0.3) is 5.91 Å². The number of carbonyl (C=O) groups excluding carboxylic acids is 2. The van der Waals surface area contributed by atoms with Gasteiger partial charge in [0, 0.05) is 15.4 Å². The van der Waals surface area contributed by atoms with Crippen LogP contribution in [-0.2, 0) is 14.9 Å². The van der Waals surface area contributed by atoms with Crippen molar-refractivity contribution in [3.05, 3.63) is 69.5 Å². The summed E-state index contributed by atoms with van der Waals surface area (Å²) in [4.78, 5) is 25.2. The van der Waals surface area contributed by atoms with Gasteiger partial charge < -0.3 is 14.8 Å². The predicted octanol–water partition coefficient (Wildman–Crippen LogP) is 6.67. The molecule has 0 saturated carbocycles. The first kappa shape index (κ1) is 24.0. The van der Waals surface area contributed by atoms with Crippen molar-refractivity contribution in [3.63, 3.8) is 0 Å². The molecule has 7 heteroatoms. The van der Waals surface area contributed by atoms with E-state index in [1.54, 1.807) is 19.1 Å². The van der Waals surface area contributed by atoms with Crippen LogP contribution in [0.1, 0.15) is 43.6 Å². The second-order valence-corrected chi connectivity index (χ2v) is 9.99. The Morgan fingerprint density at radius 1 is 1.03 bits per heavy atom. The molecule has 168 valence electrons. The van der Waals surface area contributed by atoms with Gasteiger partial charge in [0.05, 0.1) is 6.61 Å². The Balaban J connectivity index is 1.81. The maximum Gasteiger partial charge on any atom is 0.341 e. The minimum Gasteiger partial charge on any atom is -0.484 e. The van der Waals surface area contributed by atoms with Crippen molar-refractivity contribution in [2.24, 2.45) is 0 Å². The van der Waals surface area contributed by atoms with Crippen molar-refractivity contribution >= 4 is 44.1 Å². The number of carbonyl (C=O) groups is 2. The minimum absolute atomic E-state index is 0.0329. The highest BCUT2D eigenvalue weighted by molar-refractivity contribution is 9.10. The molecule has 3 aromatic rings. The Hall–Kier alpha value is -2.64. The topological polar surface area (TPSA) is 64.6 Å². The maximum absolute atomic E-state index is 12.7. The van der Waals surface area contributed by atoms with Crippen LogP contribution in [0.15, 0.2) is 58.4 Å². The lowest BCUT2D eigenvalue weighted by Gasteiger charge is -2.19. The van der Waals surface area contributed by atoms with Gasteiger partial charge in [-0.2, -0.15) is 0 Å². The molecular weight excluding hydrogens is 490 g/mol. The molecule has 0 aliphatic carbocycles. The van der Waals surface area contributed by atoms with Crippen molar-refractivity contribution in [3.8, 4) is 16.9 Å². The fraction of sp³-hybridized carbons (Fsp3) is 0.280. The van der Waals surface area contributed by atoms with Crippen molar-refractivity contribution in [2.45, 2.75) is 33.1 Å². The van der Waals surface area contributed by atoms with Crippen LogP contribution in [0, 0.1) is 0 Å². The molecule has 0 saturated heterocycles. The normalized spacial score (nSPS) is 11.2. The van der Waals surface area contributed by atoms with Crippen LogP contribution in [0.25, 0.3) is 11.1 Å². The molecule has 0 radical (unpaired) electrons.